The second kappa shape index (κ2) is 10.9. The molecule has 1 fully saturated rings. The van der Waals surface area contributed by atoms with E-state index in [1.165, 1.54) is 0 Å². The Balaban J connectivity index is 1.69. The summed E-state index contributed by atoms with van der Waals surface area (Å²) in [5.41, 5.74) is 2.04. The molecule has 1 heterocycles. The molecule has 0 unspecified atom stereocenters. The third kappa shape index (κ3) is 6.77. The van der Waals surface area contributed by atoms with Crippen LogP contribution >= 0.6 is 0 Å². The third-order valence-corrected chi connectivity index (χ3v) is 4.62. The van der Waals surface area contributed by atoms with Crippen molar-refractivity contribution >= 4 is 17.6 Å². The summed E-state index contributed by atoms with van der Waals surface area (Å²) in [6.07, 6.45) is 2.83. The van der Waals surface area contributed by atoms with Gasteiger partial charge in [0.25, 0.3) is 0 Å². The Bertz CT molecular complexity index is 583. The molecule has 0 bridgehead atoms. The minimum absolute atomic E-state index is 0.0123. The quantitative estimate of drug-likeness (QED) is 0.539. The minimum Gasteiger partial charge on any atom is -0.465 e. The van der Waals surface area contributed by atoms with Gasteiger partial charge in [-0.05, 0) is 24.5 Å². The van der Waals surface area contributed by atoms with Gasteiger partial charge in [-0.2, -0.15) is 0 Å². The molecule has 0 aromatic heterocycles. The van der Waals surface area contributed by atoms with E-state index in [2.05, 4.69) is 29.0 Å². The maximum atomic E-state index is 12.3. The number of unbranched alkanes of at least 4 members (excludes halogenated alkanes) is 1. The van der Waals surface area contributed by atoms with E-state index in [4.69, 9.17) is 4.74 Å². The molecule has 1 aromatic carbocycles. The van der Waals surface area contributed by atoms with Gasteiger partial charge < -0.3 is 10.1 Å². The van der Waals surface area contributed by atoms with Crippen LogP contribution in [-0.2, 0) is 20.7 Å². The molecule has 26 heavy (non-hydrogen) atoms. The monoisotopic (exact) mass is 361 g/mol. The molecule has 144 valence electrons. The highest BCUT2D eigenvalue weighted by Gasteiger charge is 2.21. The van der Waals surface area contributed by atoms with Crippen molar-refractivity contribution in [2.75, 3.05) is 51.2 Å². The summed E-state index contributed by atoms with van der Waals surface area (Å²) in [4.78, 5) is 28.3. The van der Waals surface area contributed by atoms with Gasteiger partial charge in [0.05, 0.1) is 19.7 Å². The predicted molar refractivity (Wildman–Crippen MR) is 103 cm³/mol. The maximum absolute atomic E-state index is 12.3. The number of nitrogens with one attached hydrogen (secondary N) is 1. The van der Waals surface area contributed by atoms with Crippen molar-refractivity contribution in [3.8, 4) is 0 Å². The Labute approximate surface area is 156 Å². The number of nitrogens with zero attached hydrogens (tertiary/aromatic N) is 2. The zero-order valence-corrected chi connectivity index (χ0v) is 16.0. The Morgan fingerprint density at radius 2 is 1.69 bits per heavy atom. The molecule has 1 amide bonds. The summed E-state index contributed by atoms with van der Waals surface area (Å²) in [6.45, 7) is 8.51. The molecule has 1 N–H and O–H groups in total. The maximum Gasteiger partial charge on any atom is 0.320 e. The van der Waals surface area contributed by atoms with Crippen LogP contribution < -0.4 is 5.32 Å². The average Bonchev–Trinajstić information content (AvgIpc) is 2.64. The van der Waals surface area contributed by atoms with Crippen LogP contribution in [-0.4, -0.2) is 67.6 Å². The van der Waals surface area contributed by atoms with Gasteiger partial charge >= 0.3 is 5.97 Å². The molecule has 0 saturated carbocycles. The number of piperazine rings is 1. The number of carbonyl (C=O) groups excluding carboxylic acids is 2. The van der Waals surface area contributed by atoms with Crippen LogP contribution in [0.25, 0.3) is 0 Å². The third-order valence-electron chi connectivity index (χ3n) is 4.62. The Kier molecular flexibility index (Phi) is 8.58. The molecule has 0 spiro atoms. The van der Waals surface area contributed by atoms with Crippen molar-refractivity contribution in [1.82, 2.24) is 9.80 Å². The molecule has 1 aromatic rings. The number of carbonyl (C=O) groups is 2. The van der Waals surface area contributed by atoms with E-state index in [0.29, 0.717) is 19.7 Å². The van der Waals surface area contributed by atoms with Gasteiger partial charge in [0.2, 0.25) is 5.91 Å². The summed E-state index contributed by atoms with van der Waals surface area (Å²) in [6, 6.07) is 7.90. The van der Waals surface area contributed by atoms with Crippen LogP contribution in [0, 0.1) is 0 Å². The highest BCUT2D eigenvalue weighted by atomic mass is 16.5. The fraction of sp³-hybridized carbons (Fsp3) is 0.600. The molecule has 0 radical (unpaired) electrons. The summed E-state index contributed by atoms with van der Waals surface area (Å²) in [5.74, 6) is -0.140. The summed E-state index contributed by atoms with van der Waals surface area (Å²) >= 11 is 0. The molecule has 1 saturated heterocycles. The molecular weight excluding hydrogens is 330 g/mol. The first-order chi connectivity index (χ1) is 12.6. The lowest BCUT2D eigenvalue weighted by Crippen LogP contribution is -2.50. The number of ether oxygens (including phenoxy) is 1. The Hall–Kier alpha value is -1.92. The molecule has 2 rings (SSSR count). The first-order valence-electron chi connectivity index (χ1n) is 9.60. The lowest BCUT2D eigenvalue weighted by Gasteiger charge is -2.33. The standard InChI is InChI=1S/C20H31N3O3/c1-3-5-14-26-20(25)16-23-12-10-22(11-13-23)15-19(24)21-18-9-7-6-8-17(18)4-2/h6-9H,3-5,10-16H2,1-2H3,(H,21,24). The van der Waals surface area contributed by atoms with Gasteiger partial charge in [0.15, 0.2) is 0 Å². The van der Waals surface area contributed by atoms with Crippen molar-refractivity contribution in [2.24, 2.45) is 0 Å². The topological polar surface area (TPSA) is 61.9 Å². The molecule has 1 aliphatic heterocycles. The normalized spacial score (nSPS) is 15.6. The fourth-order valence-electron chi connectivity index (χ4n) is 3.01. The smallest absolute Gasteiger partial charge is 0.320 e. The number of amides is 1. The second-order valence-corrected chi connectivity index (χ2v) is 6.69. The van der Waals surface area contributed by atoms with Crippen LogP contribution in [0.4, 0.5) is 5.69 Å². The molecule has 6 nitrogen and oxygen atoms in total. The highest BCUT2D eigenvalue weighted by Crippen LogP contribution is 2.15. The van der Waals surface area contributed by atoms with E-state index in [1.807, 2.05) is 24.3 Å². The summed E-state index contributed by atoms with van der Waals surface area (Å²) < 4.78 is 5.21. The Morgan fingerprint density at radius 3 is 2.35 bits per heavy atom. The number of benzene rings is 1. The SMILES string of the molecule is CCCCOC(=O)CN1CCN(CC(=O)Nc2ccccc2CC)CC1. The van der Waals surface area contributed by atoms with Crippen molar-refractivity contribution < 1.29 is 14.3 Å². The average molecular weight is 361 g/mol. The number of hydrogen-bond donors (Lipinski definition) is 1. The minimum atomic E-state index is -0.152. The summed E-state index contributed by atoms with van der Waals surface area (Å²) in [7, 11) is 0. The van der Waals surface area contributed by atoms with E-state index >= 15 is 0 Å². The van der Waals surface area contributed by atoms with E-state index in [9.17, 15) is 9.59 Å². The molecule has 1 aliphatic rings. The number of para-hydroxylation sites is 1. The van der Waals surface area contributed by atoms with E-state index in [0.717, 1.165) is 56.7 Å². The first kappa shape index (κ1) is 20.4. The molecular formula is C20H31N3O3. The van der Waals surface area contributed by atoms with Crippen LogP contribution in [0.5, 0.6) is 0 Å². The fourth-order valence-corrected chi connectivity index (χ4v) is 3.01. The number of hydrogen-bond acceptors (Lipinski definition) is 5. The highest BCUT2D eigenvalue weighted by molar-refractivity contribution is 5.93. The Morgan fingerprint density at radius 1 is 1.04 bits per heavy atom. The zero-order valence-electron chi connectivity index (χ0n) is 16.0. The van der Waals surface area contributed by atoms with Gasteiger partial charge in [-0.3, -0.25) is 19.4 Å². The van der Waals surface area contributed by atoms with E-state index < -0.39 is 0 Å². The van der Waals surface area contributed by atoms with Crippen molar-refractivity contribution in [3.63, 3.8) is 0 Å². The first-order valence-corrected chi connectivity index (χ1v) is 9.60. The molecule has 0 aliphatic carbocycles. The van der Waals surface area contributed by atoms with Crippen LogP contribution in [0.3, 0.4) is 0 Å². The van der Waals surface area contributed by atoms with Crippen LogP contribution in [0.15, 0.2) is 24.3 Å². The number of anilines is 1. The van der Waals surface area contributed by atoms with Crippen molar-refractivity contribution in [3.05, 3.63) is 29.8 Å². The zero-order chi connectivity index (χ0) is 18.8. The van der Waals surface area contributed by atoms with E-state index in [1.54, 1.807) is 0 Å². The van der Waals surface area contributed by atoms with Crippen molar-refractivity contribution in [2.45, 2.75) is 33.1 Å². The van der Waals surface area contributed by atoms with Gasteiger partial charge in [-0.1, -0.05) is 38.5 Å². The summed E-state index contributed by atoms with van der Waals surface area (Å²) in [5, 5.41) is 3.01. The van der Waals surface area contributed by atoms with Gasteiger partial charge in [-0.25, -0.2) is 0 Å². The largest absolute Gasteiger partial charge is 0.465 e. The number of aryl methyl sites for hydroxylation is 1. The van der Waals surface area contributed by atoms with Gasteiger partial charge in [0.1, 0.15) is 0 Å². The van der Waals surface area contributed by atoms with Gasteiger partial charge in [-0.15, -0.1) is 0 Å². The molecule has 0 atom stereocenters. The predicted octanol–water partition coefficient (Wildman–Crippen LogP) is 2.15. The number of rotatable bonds is 9. The van der Waals surface area contributed by atoms with Crippen LogP contribution in [0.1, 0.15) is 32.3 Å². The van der Waals surface area contributed by atoms with Crippen molar-refractivity contribution in [1.29, 1.82) is 0 Å². The van der Waals surface area contributed by atoms with E-state index in [-0.39, 0.29) is 11.9 Å². The molecule has 6 heteroatoms. The second-order valence-electron chi connectivity index (χ2n) is 6.69. The van der Waals surface area contributed by atoms with Gasteiger partial charge in [0, 0.05) is 31.9 Å². The van der Waals surface area contributed by atoms with Crippen LogP contribution in [0.2, 0.25) is 0 Å². The number of esters is 1. The lowest BCUT2D eigenvalue weighted by molar-refractivity contribution is -0.145. The lowest BCUT2D eigenvalue weighted by atomic mass is 10.1.